The van der Waals surface area contributed by atoms with Crippen molar-refractivity contribution in [3.8, 4) is 0 Å². The number of alkyl halides is 5. The van der Waals surface area contributed by atoms with E-state index in [1.165, 1.54) is 38.4 Å². The minimum Gasteiger partial charge on any atom is -0.393 e. The van der Waals surface area contributed by atoms with Crippen LogP contribution in [0.3, 0.4) is 0 Å². The Morgan fingerprint density at radius 1 is 1.28 bits per heavy atom. The summed E-state index contributed by atoms with van der Waals surface area (Å²) in [6.07, 6.45) is -3.12. The molecule has 3 rings (SSSR count). The van der Waals surface area contributed by atoms with E-state index < -0.39 is 60.0 Å². The highest BCUT2D eigenvalue weighted by atomic mass is 19.4. The van der Waals surface area contributed by atoms with Gasteiger partial charge in [0.1, 0.15) is 17.3 Å². The Morgan fingerprint density at radius 3 is 2.58 bits per heavy atom. The molecule has 1 amide bonds. The van der Waals surface area contributed by atoms with Gasteiger partial charge in [-0.2, -0.15) is 13.2 Å². The highest BCUT2D eigenvalue weighted by Crippen LogP contribution is 2.35. The number of likely N-dealkylation sites (tertiary alicyclic amines) is 1. The second-order valence-corrected chi connectivity index (χ2v) is 8.58. The quantitative estimate of drug-likeness (QED) is 0.367. The SMILES string of the molecule is CN/C=C(\C(=N)C(=O)N1CC(F)(F)CC(C)C1CNc1ccc(C(F)(F)F)cn1)c1cccc(F)c1. The van der Waals surface area contributed by atoms with E-state index in [4.69, 9.17) is 5.41 Å². The minimum atomic E-state index is -4.56. The van der Waals surface area contributed by atoms with Crippen molar-refractivity contribution in [2.45, 2.75) is 31.5 Å². The summed E-state index contributed by atoms with van der Waals surface area (Å²) in [5.41, 5.74) is -1.33. The maximum absolute atomic E-state index is 14.5. The van der Waals surface area contributed by atoms with Gasteiger partial charge in [-0.25, -0.2) is 18.2 Å². The van der Waals surface area contributed by atoms with Crippen molar-refractivity contribution in [2.75, 3.05) is 25.5 Å². The fraction of sp³-hybridized carbons (Fsp3) is 0.375. The first kappa shape index (κ1) is 27.0. The molecule has 2 heterocycles. The number of carbonyl (C=O) groups is 1. The zero-order valence-corrected chi connectivity index (χ0v) is 19.5. The van der Waals surface area contributed by atoms with E-state index in [2.05, 4.69) is 15.6 Å². The van der Waals surface area contributed by atoms with Crippen LogP contribution >= 0.6 is 0 Å². The van der Waals surface area contributed by atoms with Crippen LogP contribution in [0.1, 0.15) is 24.5 Å². The number of anilines is 1. The van der Waals surface area contributed by atoms with Crippen LogP contribution in [0.5, 0.6) is 0 Å². The molecule has 1 fully saturated rings. The second-order valence-electron chi connectivity index (χ2n) is 8.58. The number of hydrogen-bond acceptors (Lipinski definition) is 5. The van der Waals surface area contributed by atoms with Crippen LogP contribution in [0.25, 0.3) is 5.57 Å². The number of nitrogens with one attached hydrogen (secondary N) is 3. The molecule has 2 aromatic rings. The van der Waals surface area contributed by atoms with E-state index in [1.54, 1.807) is 0 Å². The second kappa shape index (κ2) is 10.6. The van der Waals surface area contributed by atoms with Crippen LogP contribution in [-0.2, 0) is 11.0 Å². The first-order valence-corrected chi connectivity index (χ1v) is 11.0. The summed E-state index contributed by atoms with van der Waals surface area (Å²) in [6.45, 7) is 0.501. The predicted molar refractivity (Wildman–Crippen MR) is 123 cm³/mol. The average molecular weight is 513 g/mol. The Hall–Kier alpha value is -3.57. The zero-order chi connectivity index (χ0) is 26.7. The number of nitrogens with zero attached hydrogens (tertiary/aromatic N) is 2. The van der Waals surface area contributed by atoms with E-state index in [0.29, 0.717) is 6.20 Å². The fourth-order valence-electron chi connectivity index (χ4n) is 4.11. The van der Waals surface area contributed by atoms with Gasteiger partial charge in [0.2, 0.25) is 0 Å². The van der Waals surface area contributed by atoms with Gasteiger partial charge in [-0.15, -0.1) is 0 Å². The topological polar surface area (TPSA) is 81.1 Å². The van der Waals surface area contributed by atoms with Crippen molar-refractivity contribution < 1.29 is 31.1 Å². The molecule has 12 heteroatoms. The first-order valence-electron chi connectivity index (χ1n) is 11.0. The van der Waals surface area contributed by atoms with Crippen molar-refractivity contribution in [3.63, 3.8) is 0 Å². The van der Waals surface area contributed by atoms with E-state index in [0.717, 1.165) is 23.1 Å². The molecule has 0 aliphatic carbocycles. The molecule has 2 unspecified atom stereocenters. The average Bonchev–Trinajstić information content (AvgIpc) is 2.80. The number of pyridine rings is 1. The lowest BCUT2D eigenvalue weighted by Crippen LogP contribution is -2.58. The van der Waals surface area contributed by atoms with Crippen LogP contribution in [0.15, 0.2) is 48.8 Å². The third-order valence-electron chi connectivity index (χ3n) is 5.83. The Kier molecular flexibility index (Phi) is 7.95. The number of piperidine rings is 1. The molecule has 0 spiro atoms. The normalized spacial score (nSPS) is 20.1. The highest BCUT2D eigenvalue weighted by Gasteiger charge is 2.46. The van der Waals surface area contributed by atoms with Crippen molar-refractivity contribution in [1.82, 2.24) is 15.2 Å². The van der Waals surface area contributed by atoms with Gasteiger partial charge in [-0.05, 0) is 35.7 Å². The first-order chi connectivity index (χ1) is 16.8. The van der Waals surface area contributed by atoms with Crippen LogP contribution < -0.4 is 10.6 Å². The van der Waals surface area contributed by atoms with Gasteiger partial charge in [0.25, 0.3) is 11.8 Å². The summed E-state index contributed by atoms with van der Waals surface area (Å²) in [6, 6.07) is 6.31. The number of benzene rings is 1. The number of hydrogen-bond donors (Lipinski definition) is 3. The summed E-state index contributed by atoms with van der Waals surface area (Å²) in [4.78, 5) is 17.9. The van der Waals surface area contributed by atoms with Crippen molar-refractivity contribution >= 4 is 23.0 Å². The largest absolute Gasteiger partial charge is 0.417 e. The van der Waals surface area contributed by atoms with Gasteiger partial charge < -0.3 is 15.5 Å². The number of amides is 1. The van der Waals surface area contributed by atoms with Crippen LogP contribution in [-0.4, -0.2) is 53.6 Å². The maximum atomic E-state index is 14.5. The van der Waals surface area contributed by atoms with Crippen molar-refractivity contribution in [2.24, 2.45) is 5.92 Å². The lowest BCUT2D eigenvalue weighted by molar-refractivity contribution is -0.145. The third-order valence-corrected chi connectivity index (χ3v) is 5.83. The van der Waals surface area contributed by atoms with Gasteiger partial charge in [-0.1, -0.05) is 19.1 Å². The van der Waals surface area contributed by atoms with Crippen LogP contribution in [0.4, 0.5) is 32.2 Å². The number of aromatic nitrogens is 1. The van der Waals surface area contributed by atoms with E-state index >= 15 is 0 Å². The van der Waals surface area contributed by atoms with Gasteiger partial charge in [0, 0.05) is 38.0 Å². The lowest BCUT2D eigenvalue weighted by atomic mass is 9.87. The maximum Gasteiger partial charge on any atom is 0.417 e. The van der Waals surface area contributed by atoms with Gasteiger partial charge in [0.05, 0.1) is 18.2 Å². The van der Waals surface area contributed by atoms with Crippen molar-refractivity contribution in [3.05, 3.63) is 65.7 Å². The smallest absolute Gasteiger partial charge is 0.393 e. The van der Waals surface area contributed by atoms with E-state index in [9.17, 15) is 31.1 Å². The third kappa shape index (κ3) is 6.35. The number of rotatable bonds is 7. The van der Waals surface area contributed by atoms with E-state index in [-0.39, 0.29) is 23.5 Å². The molecule has 1 aromatic heterocycles. The number of carbonyl (C=O) groups excluding carboxylic acids is 1. The Labute approximate surface area is 203 Å². The van der Waals surface area contributed by atoms with Gasteiger partial charge in [-0.3, -0.25) is 10.2 Å². The van der Waals surface area contributed by atoms with Crippen molar-refractivity contribution in [1.29, 1.82) is 5.41 Å². The highest BCUT2D eigenvalue weighted by molar-refractivity contribution is 6.54. The lowest BCUT2D eigenvalue weighted by Gasteiger charge is -2.43. The Morgan fingerprint density at radius 2 is 2.00 bits per heavy atom. The van der Waals surface area contributed by atoms with Gasteiger partial charge >= 0.3 is 6.18 Å². The van der Waals surface area contributed by atoms with E-state index in [1.807, 2.05) is 0 Å². The monoisotopic (exact) mass is 513 g/mol. The molecule has 0 bridgehead atoms. The molecule has 1 aliphatic heterocycles. The fourth-order valence-corrected chi connectivity index (χ4v) is 4.11. The molecule has 1 aromatic carbocycles. The molecule has 36 heavy (non-hydrogen) atoms. The summed E-state index contributed by atoms with van der Waals surface area (Å²) in [5.74, 6) is -5.42. The summed E-state index contributed by atoms with van der Waals surface area (Å²) in [5, 5.41) is 13.9. The van der Waals surface area contributed by atoms with Gasteiger partial charge in [0.15, 0.2) is 0 Å². The molecular formula is C24H25F6N5O. The van der Waals surface area contributed by atoms with Crippen LogP contribution in [0, 0.1) is 17.1 Å². The minimum absolute atomic E-state index is 0.0136. The molecule has 194 valence electrons. The molecule has 0 saturated carbocycles. The molecule has 1 saturated heterocycles. The Balaban J connectivity index is 1.84. The molecule has 1 aliphatic rings. The summed E-state index contributed by atoms with van der Waals surface area (Å²) < 4.78 is 81.0. The summed E-state index contributed by atoms with van der Waals surface area (Å²) >= 11 is 0. The molecule has 2 atom stereocenters. The molecule has 6 nitrogen and oxygen atoms in total. The standard InChI is InChI=1S/C24H25F6N5O/c1-14-9-23(26,27)13-35(19(14)12-34-20-7-6-16(10-33-20)24(28,29)30)22(36)21(31)18(11-32-2)15-4-3-5-17(25)8-15/h3-8,10-11,14,19,31-32H,9,12-13H2,1-2H3,(H,33,34)/b18-11-,31-21?. The zero-order valence-electron chi connectivity index (χ0n) is 19.5. The molecular weight excluding hydrogens is 488 g/mol. The predicted octanol–water partition coefficient (Wildman–Crippen LogP) is 4.80. The Bertz CT molecular complexity index is 1130. The number of halogens is 6. The van der Waals surface area contributed by atoms with Crippen LogP contribution in [0.2, 0.25) is 0 Å². The molecule has 0 radical (unpaired) electrons. The molecule has 3 N–H and O–H groups in total. The summed E-state index contributed by atoms with van der Waals surface area (Å²) in [7, 11) is 1.51.